The van der Waals surface area contributed by atoms with Gasteiger partial charge in [0.05, 0.1) is 0 Å². The quantitative estimate of drug-likeness (QED) is 0.778. The van der Waals surface area contributed by atoms with Crippen molar-refractivity contribution in [2.45, 2.75) is 59.5 Å². The van der Waals surface area contributed by atoms with Crippen LogP contribution in [0.4, 0.5) is 0 Å². The van der Waals surface area contributed by atoms with Crippen molar-refractivity contribution in [1.29, 1.82) is 0 Å². The Balaban J connectivity index is 0.000000383. The summed E-state index contributed by atoms with van der Waals surface area (Å²) in [4.78, 5) is 2.32. The zero-order chi connectivity index (χ0) is 15.8. The Kier molecular flexibility index (Phi) is 7.81. The summed E-state index contributed by atoms with van der Waals surface area (Å²) >= 11 is 0. The maximum atomic E-state index is 5.99. The summed E-state index contributed by atoms with van der Waals surface area (Å²) < 4.78 is 5.99. The van der Waals surface area contributed by atoms with Crippen molar-refractivity contribution in [3.05, 3.63) is 29.8 Å². The highest BCUT2D eigenvalue weighted by Gasteiger charge is 2.20. The van der Waals surface area contributed by atoms with E-state index in [-0.39, 0.29) is 0 Å². The molecule has 1 unspecified atom stereocenters. The van der Waals surface area contributed by atoms with Gasteiger partial charge in [0.1, 0.15) is 11.9 Å². The number of nitrogens with zero attached hydrogens (tertiary/aromatic N) is 1. The predicted molar refractivity (Wildman–Crippen MR) is 92.2 cm³/mol. The van der Waals surface area contributed by atoms with Crippen LogP contribution in [0.25, 0.3) is 0 Å². The molecule has 0 N–H and O–H groups in total. The second-order valence-corrected chi connectivity index (χ2v) is 6.82. The minimum absolute atomic E-state index is 0.368. The van der Waals surface area contributed by atoms with E-state index in [2.05, 4.69) is 70.8 Å². The molecule has 2 heteroatoms. The number of likely N-dealkylation sites (N-methyl/N-ethyl adjacent to an activating group) is 1. The van der Waals surface area contributed by atoms with Crippen LogP contribution < -0.4 is 4.74 Å². The molecule has 0 aromatic heterocycles. The lowest BCUT2D eigenvalue weighted by molar-refractivity contribution is 0.208. The van der Waals surface area contributed by atoms with Crippen LogP contribution in [0, 0.1) is 5.92 Å². The van der Waals surface area contributed by atoms with Gasteiger partial charge in [0, 0.05) is 13.1 Å². The second kappa shape index (κ2) is 9.09. The van der Waals surface area contributed by atoms with Crippen molar-refractivity contribution in [2.24, 2.45) is 5.92 Å². The lowest BCUT2D eigenvalue weighted by Gasteiger charge is -2.15. The van der Waals surface area contributed by atoms with Crippen LogP contribution in [-0.4, -0.2) is 31.1 Å². The highest BCUT2D eigenvalue weighted by Crippen LogP contribution is 2.22. The van der Waals surface area contributed by atoms with Gasteiger partial charge in [-0.1, -0.05) is 53.2 Å². The van der Waals surface area contributed by atoms with Gasteiger partial charge in [0.2, 0.25) is 0 Å². The number of ether oxygens (including phenoxy) is 1. The predicted octanol–water partition coefficient (Wildman–Crippen LogP) is 4.95. The van der Waals surface area contributed by atoms with Gasteiger partial charge < -0.3 is 9.64 Å². The van der Waals surface area contributed by atoms with Crippen molar-refractivity contribution in [1.82, 2.24) is 4.90 Å². The van der Waals surface area contributed by atoms with Crippen molar-refractivity contribution in [3.63, 3.8) is 0 Å². The fraction of sp³-hybridized carbons (Fsp3) is 0.684. The molecule has 21 heavy (non-hydrogen) atoms. The number of rotatable bonds is 4. The van der Waals surface area contributed by atoms with Crippen LogP contribution in [0.5, 0.6) is 5.75 Å². The van der Waals surface area contributed by atoms with Crippen LogP contribution in [0.1, 0.15) is 58.9 Å². The Hall–Kier alpha value is -1.02. The summed E-state index contributed by atoms with van der Waals surface area (Å²) in [6.45, 7) is 13.3. The van der Waals surface area contributed by atoms with Gasteiger partial charge in [-0.3, -0.25) is 0 Å². The molecule has 1 saturated heterocycles. The normalized spacial score (nSPS) is 18.8. The lowest BCUT2D eigenvalue weighted by atomic mass is 10.0. The Morgan fingerprint density at radius 2 is 1.90 bits per heavy atom. The molecule has 0 radical (unpaired) electrons. The number of hydrogen-bond donors (Lipinski definition) is 0. The van der Waals surface area contributed by atoms with Crippen LogP contribution in [0.2, 0.25) is 0 Å². The smallest absolute Gasteiger partial charge is 0.120 e. The van der Waals surface area contributed by atoms with Gasteiger partial charge in [0.25, 0.3) is 0 Å². The van der Waals surface area contributed by atoms with Crippen LogP contribution in [0.3, 0.4) is 0 Å². The van der Waals surface area contributed by atoms with Gasteiger partial charge in [-0.05, 0) is 43.0 Å². The molecule has 0 spiro atoms. The van der Waals surface area contributed by atoms with Crippen molar-refractivity contribution in [2.75, 3.05) is 20.1 Å². The third-order valence-corrected chi connectivity index (χ3v) is 3.99. The van der Waals surface area contributed by atoms with Crippen molar-refractivity contribution < 1.29 is 4.74 Å². The average molecular weight is 291 g/mol. The maximum Gasteiger partial charge on any atom is 0.120 e. The first-order chi connectivity index (χ1) is 9.92. The minimum Gasteiger partial charge on any atom is -0.489 e. The van der Waals surface area contributed by atoms with Crippen LogP contribution in [0.15, 0.2) is 24.3 Å². The van der Waals surface area contributed by atoms with E-state index in [1.54, 1.807) is 0 Å². The molecule has 1 aliphatic heterocycles. The summed E-state index contributed by atoms with van der Waals surface area (Å²) in [6.07, 6.45) is 2.81. The first-order valence-corrected chi connectivity index (χ1v) is 8.37. The van der Waals surface area contributed by atoms with Crippen LogP contribution in [-0.2, 0) is 0 Å². The molecule has 0 amide bonds. The molecule has 0 bridgehead atoms. The van der Waals surface area contributed by atoms with Crippen LogP contribution >= 0.6 is 0 Å². The van der Waals surface area contributed by atoms with Crippen molar-refractivity contribution >= 4 is 0 Å². The Bertz CT molecular complexity index is 400. The SMILES string of the molecule is CC(C)c1cccc(OC2CCN(C)C2)c1.CCC(C)C. The number of benzene rings is 1. The van der Waals surface area contributed by atoms with E-state index in [1.807, 2.05) is 0 Å². The molecule has 2 rings (SSSR count). The first-order valence-electron chi connectivity index (χ1n) is 8.37. The molecule has 0 saturated carbocycles. The fourth-order valence-electron chi connectivity index (χ4n) is 2.13. The highest BCUT2D eigenvalue weighted by atomic mass is 16.5. The summed E-state index contributed by atoms with van der Waals surface area (Å²) in [7, 11) is 2.15. The largest absolute Gasteiger partial charge is 0.489 e. The minimum atomic E-state index is 0.368. The molecule has 0 aliphatic carbocycles. The first kappa shape index (κ1) is 18.0. The molecule has 1 heterocycles. The standard InChI is InChI=1S/C14H21NO.C5H12/c1-11(2)12-5-4-6-13(9-12)16-14-7-8-15(3)10-14;1-4-5(2)3/h4-6,9,11,14H,7-8,10H2,1-3H3;5H,4H2,1-3H3. The molecule has 120 valence electrons. The summed E-state index contributed by atoms with van der Waals surface area (Å²) in [5, 5.41) is 0. The number of hydrogen-bond acceptors (Lipinski definition) is 2. The summed E-state index contributed by atoms with van der Waals surface area (Å²) in [5.74, 6) is 2.47. The molecule has 1 aromatic rings. The van der Waals surface area contributed by atoms with Gasteiger partial charge in [0.15, 0.2) is 0 Å². The van der Waals surface area contributed by atoms with Gasteiger partial charge >= 0.3 is 0 Å². The molecule has 1 fully saturated rings. The van der Waals surface area contributed by atoms with Gasteiger partial charge in [-0.2, -0.15) is 0 Å². The lowest BCUT2D eigenvalue weighted by Crippen LogP contribution is -2.21. The van der Waals surface area contributed by atoms with Gasteiger partial charge in [-0.25, -0.2) is 0 Å². The topological polar surface area (TPSA) is 12.5 Å². The molecular weight excluding hydrogens is 258 g/mol. The van der Waals surface area contributed by atoms with Gasteiger partial charge in [-0.15, -0.1) is 0 Å². The molecule has 1 aromatic carbocycles. The monoisotopic (exact) mass is 291 g/mol. The Labute approximate surface area is 131 Å². The van der Waals surface area contributed by atoms with E-state index < -0.39 is 0 Å². The fourth-order valence-corrected chi connectivity index (χ4v) is 2.13. The van der Waals surface area contributed by atoms with E-state index in [0.717, 1.165) is 31.2 Å². The zero-order valence-electron chi connectivity index (χ0n) is 14.7. The van der Waals surface area contributed by atoms with E-state index >= 15 is 0 Å². The zero-order valence-corrected chi connectivity index (χ0v) is 14.7. The van der Waals surface area contributed by atoms with E-state index in [1.165, 1.54) is 12.0 Å². The highest BCUT2D eigenvalue weighted by molar-refractivity contribution is 5.30. The van der Waals surface area contributed by atoms with E-state index in [4.69, 9.17) is 4.74 Å². The maximum absolute atomic E-state index is 5.99. The second-order valence-electron chi connectivity index (χ2n) is 6.82. The number of likely N-dealkylation sites (tertiary alicyclic amines) is 1. The summed E-state index contributed by atoms with van der Waals surface area (Å²) in [5.41, 5.74) is 1.35. The summed E-state index contributed by atoms with van der Waals surface area (Å²) in [6, 6.07) is 8.48. The third-order valence-electron chi connectivity index (χ3n) is 3.99. The molecule has 2 nitrogen and oxygen atoms in total. The molecular formula is C19H33NO. The Morgan fingerprint density at radius 1 is 1.24 bits per heavy atom. The third kappa shape index (κ3) is 6.99. The molecule has 1 aliphatic rings. The average Bonchev–Trinajstić information content (AvgIpc) is 2.85. The molecule has 1 atom stereocenters. The Morgan fingerprint density at radius 3 is 2.38 bits per heavy atom. The van der Waals surface area contributed by atoms with E-state index in [9.17, 15) is 0 Å². The van der Waals surface area contributed by atoms with Crippen molar-refractivity contribution in [3.8, 4) is 5.75 Å². The van der Waals surface area contributed by atoms with E-state index in [0.29, 0.717) is 12.0 Å².